The van der Waals surface area contributed by atoms with E-state index < -0.39 is 5.97 Å². The molecule has 0 spiro atoms. The molecule has 0 fully saturated rings. The van der Waals surface area contributed by atoms with Gasteiger partial charge in [-0.1, -0.05) is 0 Å². The molecular weight excluding hydrogens is 110 g/mol. The fourth-order valence-electron chi connectivity index (χ4n) is 0. The Hall–Kier alpha value is 0.900. The zero-order valence-corrected chi connectivity index (χ0v) is 7.48. The van der Waals surface area contributed by atoms with Crippen molar-refractivity contribution in [3.05, 3.63) is 0 Å². The van der Waals surface area contributed by atoms with Gasteiger partial charge in [0.15, 0.2) is 0 Å². The van der Waals surface area contributed by atoms with Gasteiger partial charge in [-0.05, 0) is 0 Å². The maximum absolute atomic E-state index is 9.00. The second-order valence-electron chi connectivity index (χ2n) is 0.519. The number of aliphatic carboxylic acids is 1. The minimum atomic E-state index is -0.833. The van der Waals surface area contributed by atoms with E-state index in [0.29, 0.717) is 0 Å². The van der Waals surface area contributed by atoms with Crippen LogP contribution in [0.5, 0.6) is 0 Å². The van der Waals surface area contributed by atoms with E-state index in [-0.39, 0.29) is 40.9 Å². The summed E-state index contributed by atoms with van der Waals surface area (Å²) in [7, 11) is 0. The first-order chi connectivity index (χ1) is 1.73. The van der Waals surface area contributed by atoms with Crippen LogP contribution in [-0.2, 0) is 4.79 Å². The van der Waals surface area contributed by atoms with E-state index in [1.165, 1.54) is 0 Å². The van der Waals surface area contributed by atoms with E-state index in [4.69, 9.17) is 9.90 Å². The molecule has 1 N–H and O–H groups in total. The van der Waals surface area contributed by atoms with Gasteiger partial charge in [0, 0.05) is 6.92 Å². The topological polar surface area (TPSA) is 37.3 Å². The predicted octanol–water partition coefficient (Wildman–Crippen LogP) is -2.73. The Kier molecular flexibility index (Phi) is 24.5. The van der Waals surface area contributed by atoms with Crippen LogP contribution in [0.1, 0.15) is 8.35 Å². The zero-order valence-electron chi connectivity index (χ0n) is 5.06. The monoisotopic (exact) mass is 118 g/mol. The molecule has 1 atom stereocenters. The Morgan fingerprint density at radius 2 is 1.83 bits per heavy atom. The van der Waals surface area contributed by atoms with Crippen molar-refractivity contribution in [3.63, 3.8) is 0 Å². The SMILES string of the molecule is CC(=O)O.P.[H-].[Na+]. The van der Waals surface area contributed by atoms with Crippen LogP contribution >= 0.6 is 9.90 Å². The van der Waals surface area contributed by atoms with Crippen molar-refractivity contribution < 1.29 is 40.9 Å². The normalized spacial score (nSPS) is 4.17. The summed E-state index contributed by atoms with van der Waals surface area (Å²) in [5.74, 6) is -0.833. The molecule has 34 valence electrons. The molecule has 0 aliphatic heterocycles. The summed E-state index contributed by atoms with van der Waals surface area (Å²) in [6.45, 7) is 1.08. The smallest absolute Gasteiger partial charge is 1.00 e. The second-order valence-corrected chi connectivity index (χ2v) is 0.519. The third-order valence-electron chi connectivity index (χ3n) is 0. The van der Waals surface area contributed by atoms with Crippen LogP contribution in [0.2, 0.25) is 0 Å². The Morgan fingerprint density at radius 1 is 1.83 bits per heavy atom. The third kappa shape index (κ3) is 92.0. The van der Waals surface area contributed by atoms with Crippen LogP contribution < -0.4 is 29.6 Å². The maximum atomic E-state index is 9.00. The molecule has 0 saturated heterocycles. The quantitative estimate of drug-likeness (QED) is 0.277. The minimum Gasteiger partial charge on any atom is -1.00 e. The largest absolute Gasteiger partial charge is 1.00 e. The van der Waals surface area contributed by atoms with Crippen molar-refractivity contribution >= 4 is 15.9 Å². The van der Waals surface area contributed by atoms with E-state index in [2.05, 4.69) is 0 Å². The molecule has 1 unspecified atom stereocenters. The molecule has 0 amide bonds. The van der Waals surface area contributed by atoms with E-state index in [1.54, 1.807) is 0 Å². The molecule has 0 aromatic rings. The van der Waals surface area contributed by atoms with Crippen molar-refractivity contribution in [2.75, 3.05) is 0 Å². The standard InChI is InChI=1S/C2H4O2.Na.H3P.H/c1-2(3)4;;;/h1H3,(H,3,4);;1H3;/q;+1;;-1. The molecule has 2 nitrogen and oxygen atoms in total. The first-order valence-corrected chi connectivity index (χ1v) is 0.928. The van der Waals surface area contributed by atoms with Gasteiger partial charge >= 0.3 is 29.6 Å². The molecule has 0 rings (SSSR count). The van der Waals surface area contributed by atoms with Crippen LogP contribution in [0.3, 0.4) is 0 Å². The number of carboxylic acids is 1. The molecule has 0 aliphatic carbocycles. The molecule has 0 aromatic heterocycles. The zero-order chi connectivity index (χ0) is 3.58. The van der Waals surface area contributed by atoms with E-state index in [9.17, 15) is 0 Å². The molecule has 0 radical (unpaired) electrons. The predicted molar refractivity (Wildman–Crippen MR) is 25.5 cm³/mol. The fourth-order valence-corrected chi connectivity index (χ4v) is 0. The van der Waals surface area contributed by atoms with Gasteiger partial charge in [-0.2, -0.15) is 9.90 Å². The van der Waals surface area contributed by atoms with Crippen molar-refractivity contribution in [2.24, 2.45) is 0 Å². The van der Waals surface area contributed by atoms with Crippen LogP contribution in [0, 0.1) is 0 Å². The van der Waals surface area contributed by atoms with Crippen molar-refractivity contribution in [1.82, 2.24) is 0 Å². The van der Waals surface area contributed by atoms with Crippen molar-refractivity contribution in [3.8, 4) is 0 Å². The van der Waals surface area contributed by atoms with Crippen LogP contribution in [0.4, 0.5) is 0 Å². The summed E-state index contributed by atoms with van der Waals surface area (Å²) in [6.07, 6.45) is 0. The summed E-state index contributed by atoms with van der Waals surface area (Å²) in [4.78, 5) is 9.00. The number of rotatable bonds is 0. The molecule has 4 heteroatoms. The van der Waals surface area contributed by atoms with Gasteiger partial charge in [0.2, 0.25) is 0 Å². The molecule has 0 heterocycles. The van der Waals surface area contributed by atoms with E-state index >= 15 is 0 Å². The molecular formula is C2H8NaO2P. The average Bonchev–Trinajstić information content (AvgIpc) is 0.811. The van der Waals surface area contributed by atoms with Gasteiger partial charge in [-0.15, -0.1) is 0 Å². The van der Waals surface area contributed by atoms with Gasteiger partial charge in [0.1, 0.15) is 0 Å². The molecule has 0 saturated carbocycles. The summed E-state index contributed by atoms with van der Waals surface area (Å²) in [5.41, 5.74) is 0. The number of hydrogen-bond donors (Lipinski definition) is 1. The van der Waals surface area contributed by atoms with Gasteiger partial charge < -0.3 is 6.53 Å². The van der Waals surface area contributed by atoms with Crippen LogP contribution in [0.15, 0.2) is 0 Å². The Morgan fingerprint density at radius 3 is 1.83 bits per heavy atom. The van der Waals surface area contributed by atoms with Gasteiger partial charge in [-0.3, -0.25) is 4.79 Å². The van der Waals surface area contributed by atoms with E-state index in [0.717, 1.165) is 6.92 Å². The van der Waals surface area contributed by atoms with E-state index in [1.807, 2.05) is 0 Å². The summed E-state index contributed by atoms with van der Waals surface area (Å²) >= 11 is 0. The van der Waals surface area contributed by atoms with Crippen molar-refractivity contribution in [2.45, 2.75) is 6.92 Å². The number of carbonyl (C=O) groups is 1. The maximum Gasteiger partial charge on any atom is 1.00 e. The van der Waals surface area contributed by atoms with Crippen molar-refractivity contribution in [1.29, 1.82) is 0 Å². The minimum absolute atomic E-state index is 0. The average molecular weight is 118 g/mol. The van der Waals surface area contributed by atoms with Gasteiger partial charge in [-0.25, -0.2) is 0 Å². The second kappa shape index (κ2) is 9.31. The molecule has 0 aromatic carbocycles. The first-order valence-electron chi connectivity index (χ1n) is 0.928. The first kappa shape index (κ1) is 15.8. The van der Waals surface area contributed by atoms with Crippen LogP contribution in [-0.4, -0.2) is 11.1 Å². The molecule has 0 aliphatic rings. The summed E-state index contributed by atoms with van der Waals surface area (Å²) < 4.78 is 0. The van der Waals surface area contributed by atoms with Gasteiger partial charge in [0.05, 0.1) is 0 Å². The third-order valence-corrected chi connectivity index (χ3v) is 0. The fraction of sp³-hybridized carbons (Fsp3) is 0.500. The summed E-state index contributed by atoms with van der Waals surface area (Å²) in [6, 6.07) is 0. The Bertz CT molecular complexity index is 38.7. The Balaban J connectivity index is -0.0000000150. The summed E-state index contributed by atoms with van der Waals surface area (Å²) in [5, 5.41) is 7.42. The van der Waals surface area contributed by atoms with Gasteiger partial charge in [0.25, 0.3) is 5.97 Å². The Labute approximate surface area is 63.7 Å². The molecule has 0 bridgehead atoms. The number of carboxylic acid groups (broad SMARTS) is 1. The number of hydrogen-bond acceptors (Lipinski definition) is 1. The molecule has 6 heavy (non-hydrogen) atoms. The van der Waals surface area contributed by atoms with Crippen LogP contribution in [0.25, 0.3) is 0 Å².